The molecular formula is C14H17O4-. The summed E-state index contributed by atoms with van der Waals surface area (Å²) >= 11 is 0. The number of hydrogen-bond donors (Lipinski definition) is 0. The Labute approximate surface area is 107 Å². The van der Waals surface area contributed by atoms with Gasteiger partial charge >= 0.3 is 0 Å². The summed E-state index contributed by atoms with van der Waals surface area (Å²) in [7, 11) is 3.10. The lowest BCUT2D eigenvalue weighted by molar-refractivity contribution is -0.313. The molecule has 0 N–H and O–H groups in total. The van der Waals surface area contributed by atoms with Crippen LogP contribution in [0.15, 0.2) is 18.2 Å². The summed E-state index contributed by atoms with van der Waals surface area (Å²) in [4.78, 5) is 11.5. The Kier molecular flexibility index (Phi) is 3.45. The van der Waals surface area contributed by atoms with Crippen LogP contribution in [0.1, 0.15) is 31.2 Å². The molecule has 1 aromatic rings. The van der Waals surface area contributed by atoms with Crippen LogP contribution in [0.4, 0.5) is 0 Å². The molecule has 0 saturated heterocycles. The first-order chi connectivity index (χ1) is 8.64. The first-order valence-corrected chi connectivity index (χ1v) is 6.08. The number of methoxy groups -OCH3 is 2. The monoisotopic (exact) mass is 249 g/mol. The van der Waals surface area contributed by atoms with Gasteiger partial charge in [-0.2, -0.15) is 0 Å². The predicted molar refractivity (Wildman–Crippen MR) is 64.7 cm³/mol. The summed E-state index contributed by atoms with van der Waals surface area (Å²) in [6.45, 7) is 0. The number of carboxylic acid groups (broad SMARTS) is 1. The van der Waals surface area contributed by atoms with Crippen molar-refractivity contribution < 1.29 is 19.4 Å². The van der Waals surface area contributed by atoms with E-state index in [1.165, 1.54) is 0 Å². The van der Waals surface area contributed by atoms with E-state index in [-0.39, 0.29) is 0 Å². The van der Waals surface area contributed by atoms with Crippen molar-refractivity contribution in [3.05, 3.63) is 23.8 Å². The van der Waals surface area contributed by atoms with Gasteiger partial charge < -0.3 is 19.4 Å². The number of ether oxygens (including phenoxy) is 2. The molecule has 0 bridgehead atoms. The number of hydrogen-bond acceptors (Lipinski definition) is 4. The number of carbonyl (C=O) groups is 1. The Bertz CT molecular complexity index is 447. The standard InChI is InChI=1S/C14H18O4/c1-17-11-6-5-10(9-12(11)18-2)14(13(15)16)7-3-4-8-14/h5-6,9H,3-4,7-8H2,1-2H3,(H,15,16)/p-1. The number of rotatable bonds is 4. The van der Waals surface area contributed by atoms with Gasteiger partial charge in [0, 0.05) is 5.41 Å². The quantitative estimate of drug-likeness (QED) is 0.806. The molecule has 1 saturated carbocycles. The molecule has 0 spiro atoms. The second kappa shape index (κ2) is 4.88. The van der Waals surface area contributed by atoms with Crippen LogP contribution in [0, 0.1) is 0 Å². The van der Waals surface area contributed by atoms with Crippen molar-refractivity contribution in [3.8, 4) is 11.5 Å². The molecule has 0 radical (unpaired) electrons. The van der Waals surface area contributed by atoms with Crippen LogP contribution in [-0.4, -0.2) is 20.2 Å². The SMILES string of the molecule is COc1ccc(C2(C(=O)[O-])CCCC2)cc1OC. The van der Waals surface area contributed by atoms with Crippen molar-refractivity contribution >= 4 is 5.97 Å². The molecule has 98 valence electrons. The van der Waals surface area contributed by atoms with Gasteiger partial charge in [-0.25, -0.2) is 0 Å². The molecule has 1 aliphatic carbocycles. The van der Waals surface area contributed by atoms with Gasteiger partial charge in [-0.1, -0.05) is 18.9 Å². The molecule has 0 heterocycles. The summed E-state index contributed by atoms with van der Waals surface area (Å²) < 4.78 is 10.4. The Hall–Kier alpha value is -1.71. The lowest BCUT2D eigenvalue weighted by atomic mass is 9.79. The maximum Gasteiger partial charge on any atom is 0.161 e. The Balaban J connectivity index is 2.46. The lowest BCUT2D eigenvalue weighted by Crippen LogP contribution is -2.43. The minimum atomic E-state index is -0.993. The Morgan fingerprint density at radius 1 is 1.17 bits per heavy atom. The zero-order valence-electron chi connectivity index (χ0n) is 10.7. The highest BCUT2D eigenvalue weighted by Gasteiger charge is 2.37. The van der Waals surface area contributed by atoms with Crippen LogP contribution in [-0.2, 0) is 10.2 Å². The zero-order chi connectivity index (χ0) is 13.2. The molecule has 1 aliphatic rings. The maximum absolute atomic E-state index is 11.5. The third-order valence-corrected chi connectivity index (χ3v) is 3.78. The van der Waals surface area contributed by atoms with Crippen molar-refractivity contribution in [2.45, 2.75) is 31.1 Å². The molecule has 4 nitrogen and oxygen atoms in total. The normalized spacial score (nSPS) is 17.4. The van der Waals surface area contributed by atoms with Gasteiger partial charge in [-0.05, 0) is 30.5 Å². The van der Waals surface area contributed by atoms with E-state index in [1.807, 2.05) is 0 Å². The average molecular weight is 249 g/mol. The van der Waals surface area contributed by atoms with E-state index in [2.05, 4.69) is 0 Å². The molecule has 4 heteroatoms. The Morgan fingerprint density at radius 3 is 2.28 bits per heavy atom. The van der Waals surface area contributed by atoms with E-state index in [1.54, 1.807) is 32.4 Å². The molecule has 2 rings (SSSR count). The molecule has 0 unspecified atom stereocenters. The van der Waals surface area contributed by atoms with Gasteiger partial charge in [0.25, 0.3) is 0 Å². The van der Waals surface area contributed by atoms with Crippen LogP contribution >= 0.6 is 0 Å². The fourth-order valence-electron chi connectivity index (χ4n) is 2.72. The van der Waals surface area contributed by atoms with Crippen LogP contribution in [0.2, 0.25) is 0 Å². The van der Waals surface area contributed by atoms with E-state index < -0.39 is 11.4 Å². The van der Waals surface area contributed by atoms with E-state index in [0.717, 1.165) is 18.4 Å². The second-order valence-corrected chi connectivity index (χ2v) is 4.65. The molecule has 0 atom stereocenters. The van der Waals surface area contributed by atoms with E-state index in [4.69, 9.17) is 9.47 Å². The topological polar surface area (TPSA) is 58.6 Å². The second-order valence-electron chi connectivity index (χ2n) is 4.65. The molecule has 1 fully saturated rings. The zero-order valence-corrected chi connectivity index (χ0v) is 10.7. The molecule has 0 amide bonds. The Morgan fingerprint density at radius 2 is 1.78 bits per heavy atom. The first kappa shape index (κ1) is 12.7. The first-order valence-electron chi connectivity index (χ1n) is 6.08. The van der Waals surface area contributed by atoms with Gasteiger partial charge in [-0.3, -0.25) is 0 Å². The number of carboxylic acids is 1. The highest BCUT2D eigenvalue weighted by molar-refractivity contribution is 5.80. The fourth-order valence-corrected chi connectivity index (χ4v) is 2.72. The average Bonchev–Trinajstić information content (AvgIpc) is 2.88. The van der Waals surface area contributed by atoms with Crippen LogP contribution in [0.5, 0.6) is 11.5 Å². The van der Waals surface area contributed by atoms with E-state index >= 15 is 0 Å². The van der Waals surface area contributed by atoms with Gasteiger partial charge in [-0.15, -0.1) is 0 Å². The minimum Gasteiger partial charge on any atom is -0.549 e. The van der Waals surface area contributed by atoms with Gasteiger partial charge in [0.2, 0.25) is 0 Å². The lowest BCUT2D eigenvalue weighted by Gasteiger charge is -2.31. The summed E-state index contributed by atoms with van der Waals surface area (Å²) in [6.07, 6.45) is 3.10. The highest BCUT2D eigenvalue weighted by Crippen LogP contribution is 2.43. The third kappa shape index (κ3) is 1.92. The van der Waals surface area contributed by atoms with Crippen molar-refractivity contribution in [1.82, 2.24) is 0 Å². The highest BCUT2D eigenvalue weighted by atomic mass is 16.5. The number of aliphatic carboxylic acids is 1. The summed E-state index contributed by atoms with van der Waals surface area (Å²) in [5.41, 5.74) is -0.114. The molecule has 18 heavy (non-hydrogen) atoms. The van der Waals surface area contributed by atoms with Crippen molar-refractivity contribution in [2.75, 3.05) is 14.2 Å². The van der Waals surface area contributed by atoms with Crippen molar-refractivity contribution in [3.63, 3.8) is 0 Å². The summed E-state index contributed by atoms with van der Waals surface area (Å²) in [6, 6.07) is 5.29. The molecule has 1 aromatic carbocycles. The van der Waals surface area contributed by atoms with Gasteiger partial charge in [0.1, 0.15) is 0 Å². The molecule has 0 aromatic heterocycles. The maximum atomic E-state index is 11.5. The minimum absolute atomic E-state index is 0.558. The molecule has 0 aliphatic heterocycles. The molecular weight excluding hydrogens is 232 g/mol. The largest absolute Gasteiger partial charge is 0.549 e. The van der Waals surface area contributed by atoms with Gasteiger partial charge in [0.05, 0.1) is 20.2 Å². The fraction of sp³-hybridized carbons (Fsp3) is 0.500. The summed E-state index contributed by atoms with van der Waals surface area (Å²) in [5.74, 6) is 0.169. The van der Waals surface area contributed by atoms with E-state index in [9.17, 15) is 9.90 Å². The third-order valence-electron chi connectivity index (χ3n) is 3.78. The van der Waals surface area contributed by atoms with Crippen LogP contribution < -0.4 is 14.6 Å². The number of carbonyl (C=O) groups excluding carboxylic acids is 1. The van der Waals surface area contributed by atoms with Gasteiger partial charge in [0.15, 0.2) is 11.5 Å². The number of benzene rings is 1. The summed E-state index contributed by atoms with van der Waals surface area (Å²) in [5, 5.41) is 11.5. The van der Waals surface area contributed by atoms with E-state index in [0.29, 0.717) is 24.3 Å². The predicted octanol–water partition coefficient (Wildman–Crippen LogP) is 1.27. The van der Waals surface area contributed by atoms with Crippen LogP contribution in [0.3, 0.4) is 0 Å². The smallest absolute Gasteiger partial charge is 0.161 e. The van der Waals surface area contributed by atoms with Crippen molar-refractivity contribution in [2.24, 2.45) is 0 Å². The van der Waals surface area contributed by atoms with Crippen LogP contribution in [0.25, 0.3) is 0 Å². The van der Waals surface area contributed by atoms with Crippen molar-refractivity contribution in [1.29, 1.82) is 0 Å².